The van der Waals surface area contributed by atoms with Gasteiger partial charge in [0.15, 0.2) is 6.29 Å². The highest BCUT2D eigenvalue weighted by Crippen LogP contribution is 2.03. The monoisotopic (exact) mass is 218 g/mol. The molecule has 0 bridgehead atoms. The van der Waals surface area contributed by atoms with Gasteiger partial charge in [0.25, 0.3) is 0 Å². The van der Waals surface area contributed by atoms with Crippen molar-refractivity contribution >= 4 is 11.9 Å². The van der Waals surface area contributed by atoms with E-state index in [0.29, 0.717) is 0 Å². The highest BCUT2D eigenvalue weighted by Gasteiger charge is 2.15. The molecular formula is C9H14O6. The molecule has 86 valence electrons. The number of rotatable bonds is 6. The highest BCUT2D eigenvalue weighted by molar-refractivity contribution is 5.93. The highest BCUT2D eigenvalue weighted by atomic mass is 16.6. The van der Waals surface area contributed by atoms with Crippen LogP contribution in [0.1, 0.15) is 13.3 Å². The molecule has 0 saturated heterocycles. The Bertz CT molecular complexity index is 245. The van der Waals surface area contributed by atoms with Crippen LogP contribution >= 0.6 is 0 Å². The van der Waals surface area contributed by atoms with Crippen molar-refractivity contribution in [2.75, 3.05) is 13.2 Å². The summed E-state index contributed by atoms with van der Waals surface area (Å²) in [6.07, 6.45) is -1.58. The summed E-state index contributed by atoms with van der Waals surface area (Å²) in [6.45, 7) is 4.14. The van der Waals surface area contributed by atoms with Crippen LogP contribution < -0.4 is 0 Å². The first-order valence-electron chi connectivity index (χ1n) is 4.30. The number of carbonyl (C=O) groups excluding carboxylic acids is 2. The first-order valence-corrected chi connectivity index (χ1v) is 4.30. The topological polar surface area (TPSA) is 93.1 Å². The molecule has 0 heterocycles. The number of aliphatic hydroxyl groups is 2. The van der Waals surface area contributed by atoms with Crippen LogP contribution in [0.4, 0.5) is 0 Å². The molecule has 0 radical (unpaired) electrons. The van der Waals surface area contributed by atoms with Gasteiger partial charge >= 0.3 is 11.9 Å². The van der Waals surface area contributed by atoms with Gasteiger partial charge in [-0.25, -0.2) is 4.79 Å². The van der Waals surface area contributed by atoms with E-state index in [9.17, 15) is 9.59 Å². The van der Waals surface area contributed by atoms with E-state index in [4.69, 9.17) is 10.2 Å². The summed E-state index contributed by atoms with van der Waals surface area (Å²) in [5, 5.41) is 17.1. The molecule has 0 aromatic rings. The quantitative estimate of drug-likeness (QED) is 0.349. The zero-order chi connectivity index (χ0) is 11.8. The molecule has 1 unspecified atom stereocenters. The Balaban J connectivity index is 3.91. The fourth-order valence-corrected chi connectivity index (χ4v) is 0.719. The number of hydrogen-bond donors (Lipinski definition) is 2. The predicted octanol–water partition coefficient (Wildman–Crippen LogP) is -0.650. The predicted molar refractivity (Wildman–Crippen MR) is 49.6 cm³/mol. The maximum Gasteiger partial charge on any atom is 0.334 e. The SMILES string of the molecule is C=C(CC(=O)OC(C)O)C(=O)OCCO. The zero-order valence-corrected chi connectivity index (χ0v) is 8.43. The molecule has 0 aromatic carbocycles. The number of esters is 2. The molecule has 2 N–H and O–H groups in total. The average molecular weight is 218 g/mol. The van der Waals surface area contributed by atoms with Gasteiger partial charge in [-0.15, -0.1) is 0 Å². The lowest BCUT2D eigenvalue weighted by atomic mass is 10.2. The Kier molecular flexibility index (Phi) is 6.32. The summed E-state index contributed by atoms with van der Waals surface area (Å²) in [4.78, 5) is 22.0. The van der Waals surface area contributed by atoms with Gasteiger partial charge in [0, 0.05) is 5.57 Å². The lowest BCUT2D eigenvalue weighted by molar-refractivity contribution is -0.164. The van der Waals surface area contributed by atoms with Gasteiger partial charge in [-0.2, -0.15) is 0 Å². The molecule has 0 spiro atoms. The molecule has 0 amide bonds. The van der Waals surface area contributed by atoms with Crippen LogP contribution in [0.3, 0.4) is 0 Å². The molecule has 0 fully saturated rings. The van der Waals surface area contributed by atoms with Crippen LogP contribution in [0.25, 0.3) is 0 Å². The molecule has 0 saturated carbocycles. The molecule has 15 heavy (non-hydrogen) atoms. The van der Waals surface area contributed by atoms with Crippen LogP contribution in [-0.4, -0.2) is 41.7 Å². The lowest BCUT2D eigenvalue weighted by Gasteiger charge is -2.08. The minimum atomic E-state index is -1.22. The van der Waals surface area contributed by atoms with E-state index in [1.165, 1.54) is 6.92 Å². The molecule has 6 heteroatoms. The van der Waals surface area contributed by atoms with Crippen molar-refractivity contribution in [1.82, 2.24) is 0 Å². The summed E-state index contributed by atoms with van der Waals surface area (Å²) >= 11 is 0. The molecule has 0 aromatic heterocycles. The second-order valence-corrected chi connectivity index (χ2v) is 2.73. The van der Waals surface area contributed by atoms with Crippen LogP contribution in [0.15, 0.2) is 12.2 Å². The molecule has 0 aliphatic heterocycles. The summed E-state index contributed by atoms with van der Waals surface area (Å²) in [5.41, 5.74) is -0.0888. The Morgan fingerprint density at radius 1 is 1.47 bits per heavy atom. The van der Waals surface area contributed by atoms with E-state index in [1.807, 2.05) is 0 Å². The smallest absolute Gasteiger partial charge is 0.334 e. The van der Waals surface area contributed by atoms with Gasteiger partial charge in [-0.1, -0.05) is 6.58 Å². The van der Waals surface area contributed by atoms with E-state index in [1.54, 1.807) is 0 Å². The Morgan fingerprint density at radius 2 is 2.07 bits per heavy atom. The van der Waals surface area contributed by atoms with Crippen molar-refractivity contribution in [3.8, 4) is 0 Å². The van der Waals surface area contributed by atoms with Gasteiger partial charge < -0.3 is 19.7 Å². The number of hydrogen-bond acceptors (Lipinski definition) is 6. The molecule has 0 aliphatic rings. The van der Waals surface area contributed by atoms with E-state index >= 15 is 0 Å². The Labute approximate surface area is 87.1 Å². The van der Waals surface area contributed by atoms with Crippen LogP contribution in [0, 0.1) is 0 Å². The normalized spacial score (nSPS) is 11.7. The maximum absolute atomic E-state index is 11.0. The van der Waals surface area contributed by atoms with Crippen LogP contribution in [0.5, 0.6) is 0 Å². The van der Waals surface area contributed by atoms with E-state index < -0.39 is 18.2 Å². The first-order chi connectivity index (χ1) is 6.97. The Morgan fingerprint density at radius 3 is 2.53 bits per heavy atom. The molecule has 0 rings (SSSR count). The third-order valence-corrected chi connectivity index (χ3v) is 1.27. The zero-order valence-electron chi connectivity index (χ0n) is 8.43. The van der Waals surface area contributed by atoms with Crippen molar-refractivity contribution in [3.63, 3.8) is 0 Å². The fourth-order valence-electron chi connectivity index (χ4n) is 0.719. The second kappa shape index (κ2) is 6.97. The van der Waals surface area contributed by atoms with Gasteiger partial charge in [0.1, 0.15) is 6.61 Å². The van der Waals surface area contributed by atoms with Crippen LogP contribution in [-0.2, 0) is 19.1 Å². The Hall–Kier alpha value is -1.40. The summed E-state index contributed by atoms with van der Waals surface area (Å²) in [6, 6.07) is 0. The van der Waals surface area contributed by atoms with Crippen molar-refractivity contribution in [2.24, 2.45) is 0 Å². The van der Waals surface area contributed by atoms with Gasteiger partial charge in [-0.05, 0) is 6.92 Å². The summed E-state index contributed by atoms with van der Waals surface area (Å²) in [5.74, 6) is -1.54. The lowest BCUT2D eigenvalue weighted by Crippen LogP contribution is -2.18. The summed E-state index contributed by atoms with van der Waals surface area (Å²) in [7, 11) is 0. The second-order valence-electron chi connectivity index (χ2n) is 2.73. The van der Waals surface area contributed by atoms with Gasteiger partial charge in [0.2, 0.25) is 0 Å². The summed E-state index contributed by atoms with van der Waals surface area (Å²) < 4.78 is 8.87. The van der Waals surface area contributed by atoms with Crippen molar-refractivity contribution in [2.45, 2.75) is 19.6 Å². The number of aliphatic hydroxyl groups excluding tert-OH is 2. The van der Waals surface area contributed by atoms with Crippen molar-refractivity contribution in [3.05, 3.63) is 12.2 Å². The number of carbonyl (C=O) groups is 2. The molecule has 1 atom stereocenters. The van der Waals surface area contributed by atoms with Gasteiger partial charge in [0.05, 0.1) is 13.0 Å². The van der Waals surface area contributed by atoms with E-state index in [-0.39, 0.29) is 25.2 Å². The van der Waals surface area contributed by atoms with Crippen LogP contribution in [0.2, 0.25) is 0 Å². The standard InChI is InChI=1S/C9H14O6/c1-6(9(13)14-4-3-10)5-8(12)15-7(2)11/h7,10-11H,1,3-5H2,2H3. The minimum absolute atomic E-state index is 0.0888. The molecular weight excluding hydrogens is 204 g/mol. The largest absolute Gasteiger partial charge is 0.460 e. The molecule has 6 nitrogen and oxygen atoms in total. The van der Waals surface area contributed by atoms with E-state index in [2.05, 4.69) is 16.1 Å². The van der Waals surface area contributed by atoms with Gasteiger partial charge in [-0.3, -0.25) is 4.79 Å². The van der Waals surface area contributed by atoms with E-state index in [0.717, 1.165) is 0 Å². The van der Waals surface area contributed by atoms with Crippen molar-refractivity contribution < 1.29 is 29.3 Å². The minimum Gasteiger partial charge on any atom is -0.460 e. The molecule has 0 aliphatic carbocycles. The maximum atomic E-state index is 11.0. The average Bonchev–Trinajstić information content (AvgIpc) is 2.12. The fraction of sp³-hybridized carbons (Fsp3) is 0.556. The number of ether oxygens (including phenoxy) is 2. The third kappa shape index (κ3) is 6.64. The first kappa shape index (κ1) is 13.6. The third-order valence-electron chi connectivity index (χ3n) is 1.27. The van der Waals surface area contributed by atoms with Crippen molar-refractivity contribution in [1.29, 1.82) is 0 Å².